The average molecular weight is 413 g/mol. The van der Waals surface area contributed by atoms with Gasteiger partial charge in [0.1, 0.15) is 0 Å². The summed E-state index contributed by atoms with van der Waals surface area (Å²) in [6, 6.07) is 9.04. The number of aryl methyl sites for hydroxylation is 3. The van der Waals surface area contributed by atoms with Gasteiger partial charge in [0, 0.05) is 31.2 Å². The molecular formula is C19H22Cl2N2O2S. The lowest BCUT2D eigenvalue weighted by molar-refractivity contribution is 0.384. The Morgan fingerprint density at radius 1 is 0.846 bits per heavy atom. The van der Waals surface area contributed by atoms with Crippen molar-refractivity contribution in [3.63, 3.8) is 0 Å². The third kappa shape index (κ3) is 3.72. The van der Waals surface area contributed by atoms with Gasteiger partial charge in [-0.1, -0.05) is 29.3 Å². The lowest BCUT2D eigenvalue weighted by atomic mass is 10.1. The van der Waals surface area contributed by atoms with Gasteiger partial charge in [-0.25, -0.2) is 8.42 Å². The molecule has 0 aromatic heterocycles. The van der Waals surface area contributed by atoms with E-state index >= 15 is 0 Å². The van der Waals surface area contributed by atoms with Crippen LogP contribution >= 0.6 is 23.2 Å². The average Bonchev–Trinajstić information content (AvgIpc) is 2.60. The lowest BCUT2D eigenvalue weighted by Crippen LogP contribution is -2.48. The Labute approximate surface area is 165 Å². The largest absolute Gasteiger partial charge is 0.368 e. The highest BCUT2D eigenvalue weighted by molar-refractivity contribution is 7.89. The number of anilines is 1. The first-order valence-electron chi connectivity index (χ1n) is 8.48. The first-order valence-corrected chi connectivity index (χ1v) is 10.7. The zero-order valence-electron chi connectivity index (χ0n) is 15.1. The SMILES string of the molecule is Cc1cc(C)c(S(=O)(=O)N2CCN(c3cc(Cl)ccc3Cl)CC2)cc1C. The summed E-state index contributed by atoms with van der Waals surface area (Å²) in [6.45, 7) is 7.75. The van der Waals surface area contributed by atoms with Gasteiger partial charge in [0.2, 0.25) is 10.0 Å². The summed E-state index contributed by atoms with van der Waals surface area (Å²) in [6.07, 6.45) is 0. The second kappa shape index (κ2) is 7.39. The molecule has 0 saturated carbocycles. The standard InChI is InChI=1S/C19H22Cl2N2O2S/c1-13-10-15(3)19(11-14(13)2)26(24,25)23-8-6-22(7-9-23)18-12-16(20)4-5-17(18)21/h4-5,10-12H,6-9H2,1-3H3. The van der Waals surface area contributed by atoms with Crippen LogP contribution in [0.3, 0.4) is 0 Å². The summed E-state index contributed by atoms with van der Waals surface area (Å²) in [4.78, 5) is 2.47. The highest BCUT2D eigenvalue weighted by atomic mass is 35.5. The predicted octanol–water partition coefficient (Wildman–Crippen LogP) is 4.43. The van der Waals surface area contributed by atoms with Crippen LogP contribution in [0.15, 0.2) is 35.2 Å². The van der Waals surface area contributed by atoms with Gasteiger partial charge < -0.3 is 4.90 Å². The predicted molar refractivity (Wildman–Crippen MR) is 108 cm³/mol. The van der Waals surface area contributed by atoms with Crippen molar-refractivity contribution in [2.45, 2.75) is 25.7 Å². The van der Waals surface area contributed by atoms with Crippen molar-refractivity contribution >= 4 is 38.9 Å². The molecular weight excluding hydrogens is 391 g/mol. The van der Waals surface area contributed by atoms with Gasteiger partial charge in [-0.2, -0.15) is 4.31 Å². The van der Waals surface area contributed by atoms with E-state index in [0.29, 0.717) is 41.1 Å². The van der Waals surface area contributed by atoms with Crippen LogP contribution in [0.4, 0.5) is 5.69 Å². The van der Waals surface area contributed by atoms with Crippen molar-refractivity contribution in [1.29, 1.82) is 0 Å². The Hall–Kier alpha value is -1.27. The summed E-state index contributed by atoms with van der Waals surface area (Å²) >= 11 is 12.3. The van der Waals surface area contributed by atoms with Crippen LogP contribution in [0.5, 0.6) is 0 Å². The van der Waals surface area contributed by atoms with E-state index in [1.54, 1.807) is 22.5 Å². The molecule has 0 unspecified atom stereocenters. The lowest BCUT2D eigenvalue weighted by Gasteiger charge is -2.36. The molecule has 1 aliphatic heterocycles. The molecule has 0 aliphatic carbocycles. The summed E-state index contributed by atoms with van der Waals surface area (Å²) in [5.41, 5.74) is 3.72. The second-order valence-electron chi connectivity index (χ2n) is 6.69. The molecule has 140 valence electrons. The molecule has 7 heteroatoms. The van der Waals surface area contributed by atoms with Crippen molar-refractivity contribution in [3.8, 4) is 0 Å². The van der Waals surface area contributed by atoms with Crippen LogP contribution < -0.4 is 4.90 Å². The fraction of sp³-hybridized carbons (Fsp3) is 0.368. The van der Waals surface area contributed by atoms with Crippen LogP contribution in [0.2, 0.25) is 10.0 Å². The number of sulfonamides is 1. The molecule has 1 heterocycles. The highest BCUT2D eigenvalue weighted by Gasteiger charge is 2.30. The Bertz CT molecular complexity index is 937. The summed E-state index contributed by atoms with van der Waals surface area (Å²) in [7, 11) is -3.51. The van der Waals surface area contributed by atoms with Gasteiger partial charge in [0.05, 0.1) is 15.6 Å². The number of rotatable bonds is 3. The maximum absolute atomic E-state index is 13.1. The molecule has 26 heavy (non-hydrogen) atoms. The molecule has 0 amide bonds. The Morgan fingerprint density at radius 3 is 2.12 bits per heavy atom. The van der Waals surface area contributed by atoms with Crippen molar-refractivity contribution in [2.24, 2.45) is 0 Å². The van der Waals surface area contributed by atoms with E-state index in [0.717, 1.165) is 22.4 Å². The summed E-state index contributed by atoms with van der Waals surface area (Å²) in [5.74, 6) is 0. The first kappa shape index (κ1) is 19.5. The van der Waals surface area contributed by atoms with Gasteiger partial charge in [-0.15, -0.1) is 0 Å². The summed E-state index contributed by atoms with van der Waals surface area (Å²) < 4.78 is 27.7. The quantitative estimate of drug-likeness (QED) is 0.748. The monoisotopic (exact) mass is 412 g/mol. The number of halogens is 2. The smallest absolute Gasteiger partial charge is 0.243 e. The van der Waals surface area contributed by atoms with Crippen LogP contribution in [0.1, 0.15) is 16.7 Å². The molecule has 1 saturated heterocycles. The Balaban J connectivity index is 1.81. The van der Waals surface area contributed by atoms with Crippen molar-refractivity contribution in [3.05, 3.63) is 57.1 Å². The zero-order valence-corrected chi connectivity index (χ0v) is 17.4. The molecule has 4 nitrogen and oxygen atoms in total. The number of nitrogens with zero attached hydrogens (tertiary/aromatic N) is 2. The minimum Gasteiger partial charge on any atom is -0.368 e. The minimum atomic E-state index is -3.51. The molecule has 1 fully saturated rings. The molecule has 0 spiro atoms. The van der Waals surface area contributed by atoms with E-state index in [1.807, 2.05) is 32.9 Å². The van der Waals surface area contributed by atoms with E-state index < -0.39 is 10.0 Å². The second-order valence-corrected chi connectivity index (χ2v) is 9.44. The maximum Gasteiger partial charge on any atom is 0.243 e. The Kier molecular flexibility index (Phi) is 5.54. The number of benzene rings is 2. The molecule has 0 N–H and O–H groups in total. The van der Waals surface area contributed by atoms with E-state index in [1.165, 1.54) is 0 Å². The molecule has 3 rings (SSSR count). The third-order valence-electron chi connectivity index (χ3n) is 4.90. The van der Waals surface area contributed by atoms with Crippen LogP contribution in [-0.4, -0.2) is 38.9 Å². The zero-order chi connectivity index (χ0) is 19.1. The van der Waals surface area contributed by atoms with Crippen molar-refractivity contribution in [2.75, 3.05) is 31.1 Å². The minimum absolute atomic E-state index is 0.398. The van der Waals surface area contributed by atoms with Crippen molar-refractivity contribution < 1.29 is 8.42 Å². The summed E-state index contributed by atoms with van der Waals surface area (Å²) in [5, 5.41) is 1.24. The molecule has 0 bridgehead atoms. The molecule has 2 aromatic rings. The highest BCUT2D eigenvalue weighted by Crippen LogP contribution is 2.31. The van der Waals surface area contributed by atoms with Crippen LogP contribution in [-0.2, 0) is 10.0 Å². The van der Waals surface area contributed by atoms with E-state index in [2.05, 4.69) is 4.90 Å². The first-order chi connectivity index (χ1) is 12.2. The van der Waals surface area contributed by atoms with Crippen molar-refractivity contribution in [1.82, 2.24) is 4.31 Å². The maximum atomic E-state index is 13.1. The van der Waals surface area contributed by atoms with Crippen LogP contribution in [0.25, 0.3) is 0 Å². The van der Waals surface area contributed by atoms with E-state index in [4.69, 9.17) is 23.2 Å². The van der Waals surface area contributed by atoms with Gasteiger partial charge in [-0.3, -0.25) is 0 Å². The topological polar surface area (TPSA) is 40.6 Å². The van der Waals surface area contributed by atoms with Gasteiger partial charge in [-0.05, 0) is 61.7 Å². The fourth-order valence-electron chi connectivity index (χ4n) is 3.25. The molecule has 1 aliphatic rings. The molecule has 0 radical (unpaired) electrons. The van der Waals surface area contributed by atoms with E-state index in [9.17, 15) is 8.42 Å². The number of hydrogen-bond acceptors (Lipinski definition) is 3. The third-order valence-corrected chi connectivity index (χ3v) is 7.49. The van der Waals surface area contributed by atoms with Gasteiger partial charge in [0.25, 0.3) is 0 Å². The number of piperazine rings is 1. The number of hydrogen-bond donors (Lipinski definition) is 0. The Morgan fingerprint density at radius 2 is 1.46 bits per heavy atom. The normalized spacial score (nSPS) is 16.1. The van der Waals surface area contributed by atoms with Gasteiger partial charge in [0.15, 0.2) is 0 Å². The molecule has 0 atom stereocenters. The van der Waals surface area contributed by atoms with Crippen LogP contribution in [0, 0.1) is 20.8 Å². The fourth-order valence-corrected chi connectivity index (χ4v) is 5.37. The van der Waals surface area contributed by atoms with E-state index in [-0.39, 0.29) is 0 Å². The molecule has 2 aromatic carbocycles. The van der Waals surface area contributed by atoms with Gasteiger partial charge >= 0.3 is 0 Å².